The van der Waals surface area contributed by atoms with Gasteiger partial charge in [-0.1, -0.05) is 36.0 Å². The van der Waals surface area contributed by atoms with Gasteiger partial charge in [-0.2, -0.15) is 0 Å². The van der Waals surface area contributed by atoms with Crippen molar-refractivity contribution in [3.05, 3.63) is 58.9 Å². The standard InChI is InChI=1S/C23H22N4OS2/c1-14-15(2)30-23-21(14)22(25-13-26-23)29-12-20(28)27-9-7-16(8-10-27)18-11-24-19-6-4-3-5-17(18)19/h3-7,11,13,24H,8-10,12H2,1-2H3. The maximum atomic E-state index is 12.8. The van der Waals surface area contributed by atoms with Crippen LogP contribution in [-0.4, -0.2) is 44.6 Å². The molecule has 0 atom stereocenters. The quantitative estimate of drug-likeness (QED) is 0.354. The highest BCUT2D eigenvalue weighted by Crippen LogP contribution is 2.35. The van der Waals surface area contributed by atoms with Gasteiger partial charge in [0.25, 0.3) is 0 Å². The topological polar surface area (TPSA) is 61.9 Å². The number of amides is 1. The van der Waals surface area contributed by atoms with E-state index < -0.39 is 0 Å². The van der Waals surface area contributed by atoms with Gasteiger partial charge in [0.1, 0.15) is 16.2 Å². The van der Waals surface area contributed by atoms with Crippen LogP contribution in [0.5, 0.6) is 0 Å². The Labute approximate surface area is 183 Å². The van der Waals surface area contributed by atoms with Crippen LogP contribution in [-0.2, 0) is 4.79 Å². The molecule has 1 aliphatic heterocycles. The van der Waals surface area contributed by atoms with Crippen molar-refractivity contribution in [2.75, 3.05) is 18.8 Å². The molecule has 0 radical (unpaired) electrons. The third-order valence-electron chi connectivity index (χ3n) is 5.76. The smallest absolute Gasteiger partial charge is 0.233 e. The highest BCUT2D eigenvalue weighted by Gasteiger charge is 2.20. The molecule has 0 fully saturated rings. The highest BCUT2D eigenvalue weighted by molar-refractivity contribution is 8.00. The third kappa shape index (κ3) is 3.42. The number of benzene rings is 1. The molecule has 3 aromatic heterocycles. The van der Waals surface area contributed by atoms with Crippen LogP contribution in [0.4, 0.5) is 0 Å². The summed E-state index contributed by atoms with van der Waals surface area (Å²) in [5.74, 6) is 0.557. The number of fused-ring (bicyclic) bond motifs is 2. The second-order valence-corrected chi connectivity index (χ2v) is 9.67. The number of carbonyl (C=O) groups is 1. The zero-order chi connectivity index (χ0) is 20.7. The van der Waals surface area contributed by atoms with Crippen molar-refractivity contribution in [1.29, 1.82) is 0 Å². The van der Waals surface area contributed by atoms with Gasteiger partial charge in [0.05, 0.1) is 5.75 Å². The molecule has 152 valence electrons. The first kappa shape index (κ1) is 19.3. The molecule has 5 rings (SSSR count). The lowest BCUT2D eigenvalue weighted by atomic mass is 9.99. The molecule has 5 nitrogen and oxygen atoms in total. The van der Waals surface area contributed by atoms with Crippen molar-refractivity contribution in [1.82, 2.24) is 19.9 Å². The van der Waals surface area contributed by atoms with Crippen LogP contribution in [0, 0.1) is 13.8 Å². The van der Waals surface area contributed by atoms with E-state index in [2.05, 4.69) is 59.3 Å². The number of para-hydroxylation sites is 1. The van der Waals surface area contributed by atoms with Crippen LogP contribution in [0.15, 0.2) is 47.9 Å². The van der Waals surface area contributed by atoms with Crippen molar-refractivity contribution >= 4 is 55.7 Å². The first-order valence-corrected chi connectivity index (χ1v) is 11.8. The van der Waals surface area contributed by atoms with E-state index in [1.54, 1.807) is 17.7 Å². The van der Waals surface area contributed by atoms with Gasteiger partial charge in [0.2, 0.25) is 5.91 Å². The molecular weight excluding hydrogens is 412 g/mol. The summed E-state index contributed by atoms with van der Waals surface area (Å²) >= 11 is 3.20. The molecule has 0 bridgehead atoms. The van der Waals surface area contributed by atoms with Gasteiger partial charge >= 0.3 is 0 Å². The van der Waals surface area contributed by atoms with Crippen LogP contribution >= 0.6 is 23.1 Å². The zero-order valence-corrected chi connectivity index (χ0v) is 18.6. The minimum absolute atomic E-state index is 0.158. The normalized spacial score (nSPS) is 14.5. The van der Waals surface area contributed by atoms with Crippen molar-refractivity contribution in [2.45, 2.75) is 25.3 Å². The molecule has 7 heteroatoms. The van der Waals surface area contributed by atoms with E-state index in [-0.39, 0.29) is 5.91 Å². The van der Waals surface area contributed by atoms with E-state index >= 15 is 0 Å². The number of nitrogens with one attached hydrogen (secondary N) is 1. The van der Waals surface area contributed by atoms with E-state index in [0.29, 0.717) is 12.3 Å². The summed E-state index contributed by atoms with van der Waals surface area (Å²) in [6.45, 7) is 5.61. The van der Waals surface area contributed by atoms with E-state index in [1.165, 1.54) is 38.7 Å². The van der Waals surface area contributed by atoms with Crippen LogP contribution in [0.3, 0.4) is 0 Å². The summed E-state index contributed by atoms with van der Waals surface area (Å²) in [5.41, 5.74) is 4.93. The largest absolute Gasteiger partial charge is 0.361 e. The summed E-state index contributed by atoms with van der Waals surface area (Å²) < 4.78 is 0. The monoisotopic (exact) mass is 434 g/mol. The van der Waals surface area contributed by atoms with Gasteiger partial charge in [-0.05, 0) is 37.5 Å². The number of H-pyrrole nitrogens is 1. The van der Waals surface area contributed by atoms with Crippen LogP contribution in [0.1, 0.15) is 22.4 Å². The number of aryl methyl sites for hydroxylation is 2. The Kier molecular flexibility index (Phi) is 5.08. The number of hydrogen-bond donors (Lipinski definition) is 1. The van der Waals surface area contributed by atoms with Gasteiger partial charge in [-0.15, -0.1) is 11.3 Å². The molecule has 0 saturated carbocycles. The fourth-order valence-electron chi connectivity index (χ4n) is 3.96. The van der Waals surface area contributed by atoms with Gasteiger partial charge in [0.15, 0.2) is 0 Å². The van der Waals surface area contributed by atoms with Gasteiger partial charge in [0, 0.05) is 46.0 Å². The Morgan fingerprint density at radius 3 is 2.97 bits per heavy atom. The highest BCUT2D eigenvalue weighted by atomic mass is 32.2. The van der Waals surface area contributed by atoms with E-state index in [0.717, 1.165) is 33.7 Å². The van der Waals surface area contributed by atoms with E-state index in [1.807, 2.05) is 11.0 Å². The minimum atomic E-state index is 0.158. The molecular formula is C23H22N4OS2. The Balaban J connectivity index is 1.27. The number of aromatic amines is 1. The lowest BCUT2D eigenvalue weighted by Gasteiger charge is -2.26. The average Bonchev–Trinajstić information content (AvgIpc) is 3.33. The molecule has 0 saturated heterocycles. The van der Waals surface area contributed by atoms with E-state index in [9.17, 15) is 4.79 Å². The second-order valence-electron chi connectivity index (χ2n) is 7.50. The number of aromatic nitrogens is 3. The van der Waals surface area contributed by atoms with Gasteiger partial charge < -0.3 is 9.88 Å². The summed E-state index contributed by atoms with van der Waals surface area (Å²) in [5, 5.41) is 3.24. The lowest BCUT2D eigenvalue weighted by molar-refractivity contribution is -0.127. The lowest BCUT2D eigenvalue weighted by Crippen LogP contribution is -2.35. The molecule has 4 aromatic rings. The number of thiophene rings is 1. The predicted octanol–water partition coefficient (Wildman–Crippen LogP) is 5.20. The summed E-state index contributed by atoms with van der Waals surface area (Å²) in [6.07, 6.45) is 6.74. The SMILES string of the molecule is Cc1sc2ncnc(SCC(=O)N3CC=C(c4c[nH]c5ccccc45)CC3)c2c1C. The fourth-order valence-corrected chi connectivity index (χ4v) is 5.98. The Hall–Kier alpha value is -2.64. The van der Waals surface area contributed by atoms with Crippen LogP contribution in [0.25, 0.3) is 26.7 Å². The zero-order valence-electron chi connectivity index (χ0n) is 16.9. The maximum Gasteiger partial charge on any atom is 0.233 e. The second kappa shape index (κ2) is 7.89. The summed E-state index contributed by atoms with van der Waals surface area (Å²) in [7, 11) is 0. The summed E-state index contributed by atoms with van der Waals surface area (Å²) in [4.78, 5) is 29.2. The van der Waals surface area contributed by atoms with Crippen LogP contribution < -0.4 is 0 Å². The number of hydrogen-bond acceptors (Lipinski definition) is 5. The van der Waals surface area contributed by atoms with Crippen molar-refractivity contribution < 1.29 is 4.79 Å². The fraction of sp³-hybridized carbons (Fsp3) is 0.261. The molecule has 1 N–H and O–H groups in total. The third-order valence-corrected chi connectivity index (χ3v) is 7.85. The first-order valence-electron chi connectivity index (χ1n) is 9.98. The molecule has 0 unspecified atom stereocenters. The van der Waals surface area contributed by atoms with Gasteiger partial charge in [-0.3, -0.25) is 4.79 Å². The van der Waals surface area contributed by atoms with Crippen molar-refractivity contribution in [3.8, 4) is 0 Å². The van der Waals surface area contributed by atoms with Gasteiger partial charge in [-0.25, -0.2) is 9.97 Å². The van der Waals surface area contributed by atoms with Crippen LogP contribution in [0.2, 0.25) is 0 Å². The average molecular weight is 435 g/mol. The Bertz CT molecular complexity index is 1290. The maximum absolute atomic E-state index is 12.8. The van der Waals surface area contributed by atoms with Crippen molar-refractivity contribution in [2.24, 2.45) is 0 Å². The number of nitrogens with zero attached hydrogens (tertiary/aromatic N) is 3. The number of rotatable bonds is 4. The molecule has 30 heavy (non-hydrogen) atoms. The number of thioether (sulfide) groups is 1. The van der Waals surface area contributed by atoms with E-state index in [4.69, 9.17) is 0 Å². The molecule has 0 spiro atoms. The Morgan fingerprint density at radius 1 is 1.27 bits per heavy atom. The number of carbonyl (C=O) groups excluding carboxylic acids is 1. The molecule has 0 aliphatic carbocycles. The summed E-state index contributed by atoms with van der Waals surface area (Å²) in [6, 6.07) is 8.35. The minimum Gasteiger partial charge on any atom is -0.361 e. The molecule has 1 aliphatic rings. The molecule has 1 amide bonds. The van der Waals surface area contributed by atoms with Crippen molar-refractivity contribution in [3.63, 3.8) is 0 Å². The predicted molar refractivity (Wildman–Crippen MR) is 125 cm³/mol. The Morgan fingerprint density at radius 2 is 2.13 bits per heavy atom. The molecule has 1 aromatic carbocycles. The first-order chi connectivity index (χ1) is 14.6. The molecule has 4 heterocycles.